The normalized spacial score (nSPS) is 17.8. The number of halogens is 1. The lowest BCUT2D eigenvalue weighted by molar-refractivity contribution is 0.242. The van der Waals surface area contributed by atoms with Crippen LogP contribution in [0.5, 0.6) is 0 Å². The van der Waals surface area contributed by atoms with E-state index in [9.17, 15) is 0 Å². The van der Waals surface area contributed by atoms with Crippen molar-refractivity contribution < 1.29 is 0 Å². The van der Waals surface area contributed by atoms with E-state index in [1.807, 2.05) is 23.1 Å². The van der Waals surface area contributed by atoms with Crippen LogP contribution in [0.1, 0.15) is 6.42 Å². The van der Waals surface area contributed by atoms with Crippen molar-refractivity contribution in [3.63, 3.8) is 0 Å². The van der Waals surface area contributed by atoms with Gasteiger partial charge in [0.25, 0.3) is 0 Å². The molecule has 1 fully saturated rings. The number of hydrogen-bond acceptors (Lipinski definition) is 4. The first-order chi connectivity index (χ1) is 7.84. The average molecular weight is 321 g/mol. The van der Waals surface area contributed by atoms with Gasteiger partial charge in [0.2, 0.25) is 0 Å². The SMILES string of the molecule is Brc1ccc(SCCCN2CCNCC2)s1. The maximum absolute atomic E-state index is 3.49. The second-order valence-corrected chi connectivity index (χ2v) is 7.71. The summed E-state index contributed by atoms with van der Waals surface area (Å²) >= 11 is 7.30. The van der Waals surface area contributed by atoms with Gasteiger partial charge in [0, 0.05) is 31.9 Å². The van der Waals surface area contributed by atoms with E-state index in [1.165, 1.54) is 39.8 Å². The molecule has 0 saturated carbocycles. The number of nitrogens with zero attached hydrogens (tertiary/aromatic N) is 1. The van der Waals surface area contributed by atoms with Gasteiger partial charge in [-0.3, -0.25) is 0 Å². The Morgan fingerprint density at radius 1 is 1.38 bits per heavy atom. The van der Waals surface area contributed by atoms with Crippen LogP contribution in [0.2, 0.25) is 0 Å². The molecule has 1 aliphatic heterocycles. The van der Waals surface area contributed by atoms with E-state index in [1.54, 1.807) is 0 Å². The number of rotatable bonds is 5. The predicted octanol–water partition coefficient (Wildman–Crippen LogP) is 2.90. The number of hydrogen-bond donors (Lipinski definition) is 1. The Balaban J connectivity index is 1.57. The molecule has 0 unspecified atom stereocenters. The summed E-state index contributed by atoms with van der Waals surface area (Å²) in [4.78, 5) is 2.56. The highest BCUT2D eigenvalue weighted by Gasteiger charge is 2.08. The minimum atomic E-state index is 1.16. The van der Waals surface area contributed by atoms with Crippen LogP contribution in [0.3, 0.4) is 0 Å². The molecule has 1 saturated heterocycles. The van der Waals surface area contributed by atoms with Crippen LogP contribution in [0.4, 0.5) is 0 Å². The van der Waals surface area contributed by atoms with E-state index in [4.69, 9.17) is 0 Å². The van der Waals surface area contributed by atoms with Crippen LogP contribution in [0.15, 0.2) is 20.1 Å². The van der Waals surface area contributed by atoms with E-state index >= 15 is 0 Å². The molecule has 0 radical (unpaired) electrons. The van der Waals surface area contributed by atoms with Crippen molar-refractivity contribution in [2.45, 2.75) is 10.6 Å². The standard InChI is InChI=1S/C11H17BrN2S2/c12-10-2-3-11(16-10)15-9-1-6-14-7-4-13-5-8-14/h2-3,13H,1,4-9H2. The third-order valence-electron chi connectivity index (χ3n) is 2.62. The molecule has 1 aliphatic rings. The summed E-state index contributed by atoms with van der Waals surface area (Å²) in [5.74, 6) is 1.23. The number of nitrogens with one attached hydrogen (secondary N) is 1. The van der Waals surface area contributed by atoms with Gasteiger partial charge in [-0.1, -0.05) is 0 Å². The molecule has 2 rings (SSSR count). The second-order valence-electron chi connectivity index (χ2n) is 3.85. The summed E-state index contributed by atoms with van der Waals surface area (Å²) in [6.07, 6.45) is 1.29. The van der Waals surface area contributed by atoms with Gasteiger partial charge in [-0.15, -0.1) is 23.1 Å². The summed E-state index contributed by atoms with van der Waals surface area (Å²) in [6.45, 7) is 6.00. The van der Waals surface area contributed by atoms with Crippen molar-refractivity contribution in [3.05, 3.63) is 15.9 Å². The van der Waals surface area contributed by atoms with Crippen LogP contribution < -0.4 is 5.32 Å². The maximum atomic E-state index is 3.49. The molecule has 0 amide bonds. The fraction of sp³-hybridized carbons (Fsp3) is 0.636. The predicted molar refractivity (Wildman–Crippen MR) is 76.7 cm³/mol. The van der Waals surface area contributed by atoms with Crippen molar-refractivity contribution in [3.8, 4) is 0 Å². The summed E-state index contributed by atoms with van der Waals surface area (Å²) in [5, 5.41) is 3.38. The van der Waals surface area contributed by atoms with Gasteiger partial charge in [0.1, 0.15) is 0 Å². The first-order valence-corrected chi connectivity index (χ1v) is 8.25. The van der Waals surface area contributed by atoms with Gasteiger partial charge in [-0.2, -0.15) is 0 Å². The molecular formula is C11H17BrN2S2. The summed E-state index contributed by atoms with van der Waals surface area (Å²) < 4.78 is 2.66. The van der Waals surface area contributed by atoms with Gasteiger partial charge in [-0.05, 0) is 41.0 Å². The van der Waals surface area contributed by atoms with Gasteiger partial charge >= 0.3 is 0 Å². The quantitative estimate of drug-likeness (QED) is 0.663. The largest absolute Gasteiger partial charge is 0.314 e. The first-order valence-electron chi connectivity index (χ1n) is 5.66. The Labute approximate surface area is 114 Å². The van der Waals surface area contributed by atoms with Crippen molar-refractivity contribution in [1.82, 2.24) is 10.2 Å². The van der Waals surface area contributed by atoms with E-state index in [-0.39, 0.29) is 0 Å². The van der Waals surface area contributed by atoms with Gasteiger partial charge < -0.3 is 10.2 Å². The van der Waals surface area contributed by atoms with Gasteiger partial charge in [0.05, 0.1) is 8.00 Å². The molecule has 1 N–H and O–H groups in total. The highest BCUT2D eigenvalue weighted by Crippen LogP contribution is 2.30. The van der Waals surface area contributed by atoms with Crippen LogP contribution in [-0.2, 0) is 0 Å². The van der Waals surface area contributed by atoms with Crippen LogP contribution in [0.25, 0.3) is 0 Å². The summed E-state index contributed by atoms with van der Waals surface area (Å²) in [6, 6.07) is 4.33. The van der Waals surface area contributed by atoms with E-state index in [0.29, 0.717) is 0 Å². The number of piperazine rings is 1. The van der Waals surface area contributed by atoms with Crippen molar-refractivity contribution in [2.24, 2.45) is 0 Å². The molecule has 2 heterocycles. The summed E-state index contributed by atoms with van der Waals surface area (Å²) in [7, 11) is 0. The lowest BCUT2D eigenvalue weighted by Gasteiger charge is -2.26. The molecule has 0 atom stereocenters. The highest BCUT2D eigenvalue weighted by atomic mass is 79.9. The Morgan fingerprint density at radius 3 is 2.88 bits per heavy atom. The summed E-state index contributed by atoms with van der Waals surface area (Å²) in [5.41, 5.74) is 0. The van der Waals surface area contributed by atoms with E-state index in [0.717, 1.165) is 13.1 Å². The van der Waals surface area contributed by atoms with Crippen LogP contribution in [0, 0.1) is 0 Å². The zero-order valence-electron chi connectivity index (χ0n) is 9.25. The van der Waals surface area contributed by atoms with Crippen molar-refractivity contribution in [2.75, 3.05) is 38.5 Å². The molecule has 0 aromatic carbocycles. The minimum absolute atomic E-state index is 1.16. The fourth-order valence-electron chi connectivity index (χ4n) is 1.77. The second kappa shape index (κ2) is 7.01. The Bertz CT molecular complexity index is 311. The monoisotopic (exact) mass is 320 g/mol. The third-order valence-corrected chi connectivity index (χ3v) is 5.56. The molecule has 0 bridgehead atoms. The zero-order chi connectivity index (χ0) is 11.2. The third kappa shape index (κ3) is 4.37. The molecule has 0 spiro atoms. The lowest BCUT2D eigenvalue weighted by atomic mass is 10.3. The molecule has 1 aromatic heterocycles. The van der Waals surface area contributed by atoms with Gasteiger partial charge in [-0.25, -0.2) is 0 Å². The smallest absolute Gasteiger partial charge is 0.0710 e. The Hall–Kier alpha value is 0.450. The lowest BCUT2D eigenvalue weighted by Crippen LogP contribution is -2.43. The molecule has 90 valence electrons. The first kappa shape index (κ1) is 12.9. The van der Waals surface area contributed by atoms with Crippen molar-refractivity contribution >= 4 is 39.0 Å². The van der Waals surface area contributed by atoms with Crippen LogP contribution >= 0.6 is 39.0 Å². The Kier molecular flexibility index (Phi) is 5.65. The Morgan fingerprint density at radius 2 is 2.19 bits per heavy atom. The van der Waals surface area contributed by atoms with Crippen LogP contribution in [-0.4, -0.2) is 43.4 Å². The van der Waals surface area contributed by atoms with E-state index < -0.39 is 0 Å². The highest BCUT2D eigenvalue weighted by molar-refractivity contribution is 9.11. The zero-order valence-corrected chi connectivity index (χ0v) is 12.5. The molecule has 5 heteroatoms. The molecule has 2 nitrogen and oxygen atoms in total. The molecule has 1 aromatic rings. The van der Waals surface area contributed by atoms with E-state index in [2.05, 4.69) is 38.3 Å². The number of thiophene rings is 1. The van der Waals surface area contributed by atoms with Gasteiger partial charge in [0.15, 0.2) is 0 Å². The number of thioether (sulfide) groups is 1. The maximum Gasteiger partial charge on any atom is 0.0710 e. The molecule has 16 heavy (non-hydrogen) atoms. The molecular weight excluding hydrogens is 304 g/mol. The molecule has 0 aliphatic carbocycles. The topological polar surface area (TPSA) is 15.3 Å². The fourth-order valence-corrected chi connectivity index (χ4v) is 4.61. The average Bonchev–Trinajstić information content (AvgIpc) is 2.72. The minimum Gasteiger partial charge on any atom is -0.314 e. The van der Waals surface area contributed by atoms with Crippen molar-refractivity contribution in [1.29, 1.82) is 0 Å².